The molecule has 0 bridgehead atoms. The molecular formula is C26H32ClFO6. The van der Waals surface area contributed by atoms with Gasteiger partial charge in [0, 0.05) is 16.7 Å². The summed E-state index contributed by atoms with van der Waals surface area (Å²) in [6, 6.07) is 0. The zero-order chi connectivity index (χ0) is 24.8. The number of aliphatic hydroxyl groups excluding tert-OH is 1. The quantitative estimate of drug-likeness (QED) is 0.475. The van der Waals surface area contributed by atoms with Gasteiger partial charge in [-0.3, -0.25) is 9.59 Å². The molecule has 5 aliphatic carbocycles. The summed E-state index contributed by atoms with van der Waals surface area (Å²) in [7, 11) is 1.27. The molecule has 0 aromatic carbocycles. The smallest absolute Gasteiger partial charge is 0.351 e. The van der Waals surface area contributed by atoms with E-state index in [-0.39, 0.29) is 30.5 Å². The Morgan fingerprint density at radius 3 is 2.50 bits per heavy atom. The highest BCUT2D eigenvalue weighted by Crippen LogP contribution is 2.72. The summed E-state index contributed by atoms with van der Waals surface area (Å²) >= 11 is 7.36. The Balaban J connectivity index is 1.63. The molecule has 4 fully saturated rings. The molecule has 0 aliphatic heterocycles. The Morgan fingerprint density at radius 2 is 1.88 bits per heavy atom. The number of carbonyl (C=O) groups excluding carboxylic acids is 3. The van der Waals surface area contributed by atoms with Crippen molar-refractivity contribution in [2.24, 2.45) is 34.5 Å². The lowest BCUT2D eigenvalue weighted by Crippen LogP contribution is -2.70. The molecule has 0 radical (unpaired) electrons. The van der Waals surface area contributed by atoms with E-state index >= 15 is 4.39 Å². The average Bonchev–Trinajstić information content (AvgIpc) is 3.60. The Labute approximate surface area is 203 Å². The highest BCUT2D eigenvalue weighted by molar-refractivity contribution is 6.26. The van der Waals surface area contributed by atoms with E-state index in [1.807, 2.05) is 13.8 Å². The summed E-state index contributed by atoms with van der Waals surface area (Å²) in [6.07, 6.45) is 3.78. The molecule has 0 aromatic rings. The lowest BCUT2D eigenvalue weighted by molar-refractivity contribution is -0.216. The number of hydrogen-bond acceptors (Lipinski definition) is 6. The maximum Gasteiger partial charge on any atom is 0.351 e. The maximum absolute atomic E-state index is 15.7. The molecule has 8 heteroatoms. The number of rotatable bonds is 3. The van der Waals surface area contributed by atoms with Crippen LogP contribution in [0.3, 0.4) is 0 Å². The van der Waals surface area contributed by atoms with Crippen LogP contribution in [0.25, 0.3) is 0 Å². The molecule has 5 aliphatic rings. The van der Waals surface area contributed by atoms with Gasteiger partial charge in [-0.25, -0.2) is 9.18 Å². The zero-order valence-electron chi connectivity index (χ0n) is 20.0. The molecular weight excluding hydrogens is 463 g/mol. The molecule has 5 rings (SSSR count). The van der Waals surface area contributed by atoms with E-state index in [0.29, 0.717) is 12.0 Å². The number of ketones is 1. The number of methoxy groups -OCH3 is 1. The highest BCUT2D eigenvalue weighted by atomic mass is 35.5. The molecule has 0 saturated heterocycles. The first-order chi connectivity index (χ1) is 15.9. The van der Waals surface area contributed by atoms with Crippen LogP contribution in [-0.2, 0) is 23.9 Å². The number of allylic oxidation sites excluding steroid dienone is 4. The molecule has 9 atom stereocenters. The van der Waals surface area contributed by atoms with Gasteiger partial charge in [0.25, 0.3) is 0 Å². The fraction of sp³-hybridized carbons (Fsp3) is 0.731. The first kappa shape index (κ1) is 24.0. The molecule has 186 valence electrons. The Kier molecular flexibility index (Phi) is 5.21. The summed E-state index contributed by atoms with van der Waals surface area (Å²) in [5.74, 6) is -2.82. The molecule has 4 saturated carbocycles. The topological polar surface area (TPSA) is 89.9 Å². The third kappa shape index (κ3) is 2.74. The van der Waals surface area contributed by atoms with Crippen molar-refractivity contribution < 1.29 is 33.4 Å². The van der Waals surface area contributed by atoms with Gasteiger partial charge in [-0.1, -0.05) is 26.8 Å². The second-order valence-corrected chi connectivity index (χ2v) is 12.0. The lowest BCUT2D eigenvalue weighted by atomic mass is 9.45. The molecule has 0 aromatic heterocycles. The molecule has 0 amide bonds. The first-order valence-electron chi connectivity index (χ1n) is 12.1. The van der Waals surface area contributed by atoms with Crippen LogP contribution in [0, 0.1) is 34.5 Å². The van der Waals surface area contributed by atoms with E-state index in [1.165, 1.54) is 19.3 Å². The number of ether oxygens (including phenoxy) is 2. The minimum atomic E-state index is -1.59. The second-order valence-electron chi connectivity index (χ2n) is 11.4. The van der Waals surface area contributed by atoms with Gasteiger partial charge in [0.1, 0.15) is 6.17 Å². The van der Waals surface area contributed by atoms with E-state index in [9.17, 15) is 19.5 Å². The molecule has 6 nitrogen and oxygen atoms in total. The van der Waals surface area contributed by atoms with Crippen molar-refractivity contribution in [3.05, 3.63) is 23.8 Å². The third-order valence-corrected chi connectivity index (χ3v) is 10.8. The summed E-state index contributed by atoms with van der Waals surface area (Å²) in [6.45, 7) is 5.47. The van der Waals surface area contributed by atoms with Crippen molar-refractivity contribution in [2.45, 2.75) is 75.6 Å². The van der Waals surface area contributed by atoms with Gasteiger partial charge >= 0.3 is 11.9 Å². The Hall–Kier alpha value is -1.73. The van der Waals surface area contributed by atoms with Crippen molar-refractivity contribution in [1.82, 2.24) is 0 Å². The minimum absolute atomic E-state index is 0.0178. The van der Waals surface area contributed by atoms with Gasteiger partial charge in [-0.2, -0.15) is 0 Å². The molecule has 34 heavy (non-hydrogen) atoms. The number of halogens is 2. The fourth-order valence-electron chi connectivity index (χ4n) is 7.93. The van der Waals surface area contributed by atoms with Crippen LogP contribution >= 0.6 is 11.6 Å². The number of esters is 2. The summed E-state index contributed by atoms with van der Waals surface area (Å²) in [5, 5.41) is 11.7. The molecule has 0 heterocycles. The average molecular weight is 495 g/mol. The summed E-state index contributed by atoms with van der Waals surface area (Å²) in [4.78, 5) is 37.0. The predicted molar refractivity (Wildman–Crippen MR) is 121 cm³/mol. The van der Waals surface area contributed by atoms with Crippen LogP contribution in [0.4, 0.5) is 4.39 Å². The standard InChI is InChI=1S/C26H32ClFO6/c1-13-9-16-17-11-19(28)18-10-15(29)7-8-23(18,2)25(17,27)20(30)12-24(16,3)26(13,22(32)33-4)34-21(31)14-5-6-14/h7-8,10,13-14,16-17,19-20,30H,5-6,9,11-12H2,1-4H3/t13-,16+,17+,19+,20+,23+,24+,25+,26+/m1/s1. The predicted octanol–water partition coefficient (Wildman–Crippen LogP) is 3.69. The van der Waals surface area contributed by atoms with E-state index in [2.05, 4.69) is 0 Å². The number of alkyl halides is 2. The highest BCUT2D eigenvalue weighted by Gasteiger charge is 2.78. The molecule has 1 N–H and O–H groups in total. The largest absolute Gasteiger partial charge is 0.466 e. The number of hydrogen-bond donors (Lipinski definition) is 1. The van der Waals surface area contributed by atoms with E-state index in [0.717, 1.165) is 12.8 Å². The van der Waals surface area contributed by atoms with Crippen molar-refractivity contribution in [1.29, 1.82) is 0 Å². The number of aliphatic hydroxyl groups is 1. The SMILES string of the molecule is COC(=O)[C@@]1(OC(=O)C2CC2)[C@H](C)C[C@H]2[C@@H]3C[C@H](F)C4=CC(=O)C=C[C@]4(C)[C@@]3(Cl)[C@@H](O)C[C@@]21C. The van der Waals surface area contributed by atoms with Gasteiger partial charge in [0.05, 0.1) is 24.0 Å². The molecule has 0 unspecified atom stereocenters. The van der Waals surface area contributed by atoms with Crippen LogP contribution in [-0.4, -0.2) is 52.7 Å². The maximum atomic E-state index is 15.7. The molecule has 0 spiro atoms. The van der Waals surface area contributed by atoms with Crippen LogP contribution in [0.2, 0.25) is 0 Å². The third-order valence-electron chi connectivity index (χ3n) is 9.83. The van der Waals surface area contributed by atoms with Crippen molar-refractivity contribution in [2.75, 3.05) is 7.11 Å². The van der Waals surface area contributed by atoms with Crippen LogP contribution in [0.1, 0.15) is 52.9 Å². The Bertz CT molecular complexity index is 1020. The van der Waals surface area contributed by atoms with Crippen LogP contribution in [0.15, 0.2) is 23.8 Å². The zero-order valence-corrected chi connectivity index (χ0v) is 20.7. The first-order valence-corrected chi connectivity index (χ1v) is 12.5. The second kappa shape index (κ2) is 7.39. The number of fused-ring (bicyclic) bond motifs is 5. The van der Waals surface area contributed by atoms with Crippen LogP contribution < -0.4 is 0 Å². The van der Waals surface area contributed by atoms with Gasteiger partial charge in [-0.05, 0) is 61.7 Å². The van der Waals surface area contributed by atoms with Gasteiger partial charge in [0.2, 0.25) is 5.60 Å². The van der Waals surface area contributed by atoms with E-state index < -0.39 is 57.4 Å². The van der Waals surface area contributed by atoms with Gasteiger partial charge in [0.15, 0.2) is 5.78 Å². The number of carbonyl (C=O) groups is 3. The lowest BCUT2D eigenvalue weighted by Gasteiger charge is -2.64. The van der Waals surface area contributed by atoms with Crippen molar-refractivity contribution >= 4 is 29.3 Å². The van der Waals surface area contributed by atoms with Gasteiger partial charge < -0.3 is 14.6 Å². The minimum Gasteiger partial charge on any atom is -0.466 e. The van der Waals surface area contributed by atoms with Crippen molar-refractivity contribution in [3.63, 3.8) is 0 Å². The van der Waals surface area contributed by atoms with E-state index in [1.54, 1.807) is 13.0 Å². The summed E-state index contributed by atoms with van der Waals surface area (Å²) in [5.41, 5.74) is -3.38. The summed E-state index contributed by atoms with van der Waals surface area (Å²) < 4.78 is 26.9. The van der Waals surface area contributed by atoms with E-state index in [4.69, 9.17) is 21.1 Å². The van der Waals surface area contributed by atoms with Crippen LogP contribution in [0.5, 0.6) is 0 Å². The normalized spacial score (nSPS) is 49.4. The fourth-order valence-corrected chi connectivity index (χ4v) is 8.42. The van der Waals surface area contributed by atoms with Gasteiger partial charge in [-0.15, -0.1) is 11.6 Å². The Morgan fingerprint density at radius 1 is 1.21 bits per heavy atom. The monoisotopic (exact) mass is 494 g/mol. The van der Waals surface area contributed by atoms with Crippen molar-refractivity contribution in [3.8, 4) is 0 Å².